The van der Waals surface area contributed by atoms with Crippen LogP contribution in [0, 0.1) is 0 Å². The van der Waals surface area contributed by atoms with Gasteiger partial charge in [0.05, 0.1) is 11.1 Å². The second-order valence-corrected chi connectivity index (χ2v) is 16.0. The quantitative estimate of drug-likeness (QED) is 0.152. The summed E-state index contributed by atoms with van der Waals surface area (Å²) in [5.41, 5.74) is 18.5. The molecule has 61 heavy (non-hydrogen) atoms. The van der Waals surface area contributed by atoms with Crippen molar-refractivity contribution in [3.05, 3.63) is 258 Å². The predicted octanol–water partition coefficient (Wildman–Crippen LogP) is 16.1. The fraction of sp³-hybridized carbons (Fsp3) is 0.0667. The van der Waals surface area contributed by atoms with Gasteiger partial charge in [0.25, 0.3) is 0 Å². The van der Waals surface area contributed by atoms with Crippen molar-refractivity contribution in [2.45, 2.75) is 25.7 Å². The third-order valence-corrected chi connectivity index (χ3v) is 12.9. The highest BCUT2D eigenvalue weighted by Gasteiger charge is 2.46. The maximum atomic E-state index is 2.50. The van der Waals surface area contributed by atoms with Crippen LogP contribution in [0.1, 0.15) is 47.2 Å². The molecule has 2 aliphatic carbocycles. The Kier molecular flexibility index (Phi) is 8.98. The zero-order valence-corrected chi connectivity index (χ0v) is 34.5. The maximum Gasteiger partial charge on any atom is 0.0714 e. The summed E-state index contributed by atoms with van der Waals surface area (Å²) in [7, 11) is 0. The van der Waals surface area contributed by atoms with Gasteiger partial charge in [0, 0.05) is 16.9 Å². The predicted molar refractivity (Wildman–Crippen MR) is 258 cm³/mol. The highest BCUT2D eigenvalue weighted by Crippen LogP contribution is 2.58. The molecule has 0 heterocycles. The van der Waals surface area contributed by atoms with Crippen LogP contribution in [-0.4, -0.2) is 0 Å². The van der Waals surface area contributed by atoms with Crippen LogP contribution in [0.25, 0.3) is 54.9 Å². The van der Waals surface area contributed by atoms with Gasteiger partial charge < -0.3 is 4.90 Å². The normalized spacial score (nSPS) is 12.8. The van der Waals surface area contributed by atoms with E-state index in [1.165, 1.54) is 94.0 Å². The van der Waals surface area contributed by atoms with E-state index in [-0.39, 0.29) is 0 Å². The minimum atomic E-state index is -0.495. The van der Waals surface area contributed by atoms with Gasteiger partial charge in [-0.15, -0.1) is 0 Å². The topological polar surface area (TPSA) is 3.24 Å². The van der Waals surface area contributed by atoms with Crippen LogP contribution in [0.3, 0.4) is 0 Å². The SMILES string of the molecule is CC.c1ccc(C2(c3ccccc3)c3ccccc3-c3ccc(N(c4ccc(-c5ccc6ccc7ccccc7c6c5)cc4)c4cccc5c4-c4ccccc4C5)cc32)cc1. The van der Waals surface area contributed by atoms with Crippen LogP contribution in [-0.2, 0) is 11.8 Å². The van der Waals surface area contributed by atoms with Crippen molar-refractivity contribution in [2.24, 2.45) is 0 Å². The largest absolute Gasteiger partial charge is 0.310 e. The average Bonchev–Trinajstić information content (AvgIpc) is 3.87. The summed E-state index contributed by atoms with van der Waals surface area (Å²) in [6.07, 6.45) is 0.938. The first kappa shape index (κ1) is 36.6. The van der Waals surface area contributed by atoms with Gasteiger partial charge in [0.15, 0.2) is 0 Å². The number of benzene rings is 10. The molecule has 290 valence electrons. The zero-order chi connectivity index (χ0) is 40.9. The van der Waals surface area contributed by atoms with E-state index in [0.717, 1.165) is 17.8 Å². The third-order valence-electron chi connectivity index (χ3n) is 12.9. The smallest absolute Gasteiger partial charge is 0.0714 e. The van der Waals surface area contributed by atoms with E-state index < -0.39 is 5.41 Å². The van der Waals surface area contributed by atoms with Crippen molar-refractivity contribution in [1.82, 2.24) is 0 Å². The second-order valence-electron chi connectivity index (χ2n) is 16.0. The Morgan fingerprint density at radius 1 is 0.377 bits per heavy atom. The van der Waals surface area contributed by atoms with Crippen molar-refractivity contribution in [3.63, 3.8) is 0 Å². The van der Waals surface area contributed by atoms with E-state index in [0.29, 0.717) is 0 Å². The lowest BCUT2D eigenvalue weighted by Gasteiger charge is -2.35. The van der Waals surface area contributed by atoms with E-state index in [1.54, 1.807) is 0 Å². The molecule has 10 aromatic rings. The molecule has 0 unspecified atom stereocenters. The van der Waals surface area contributed by atoms with E-state index in [1.807, 2.05) is 13.8 Å². The first-order valence-electron chi connectivity index (χ1n) is 21.6. The molecule has 0 saturated heterocycles. The summed E-state index contributed by atoms with van der Waals surface area (Å²) in [5.74, 6) is 0. The second kappa shape index (κ2) is 15.0. The number of hydrogen-bond acceptors (Lipinski definition) is 1. The molecule has 0 bridgehead atoms. The van der Waals surface area contributed by atoms with E-state index in [9.17, 15) is 0 Å². The molecule has 2 aliphatic rings. The fourth-order valence-corrected chi connectivity index (χ4v) is 10.3. The van der Waals surface area contributed by atoms with Gasteiger partial charge in [-0.1, -0.05) is 202 Å². The molecule has 0 atom stereocenters. The van der Waals surface area contributed by atoms with Gasteiger partial charge in [0.1, 0.15) is 0 Å². The molecule has 0 radical (unpaired) electrons. The molecular formula is C60H45N. The van der Waals surface area contributed by atoms with Crippen LogP contribution in [0.4, 0.5) is 17.1 Å². The Bertz CT molecular complexity index is 3190. The Morgan fingerprint density at radius 2 is 0.951 bits per heavy atom. The first-order valence-corrected chi connectivity index (χ1v) is 21.6. The molecule has 0 aliphatic heterocycles. The van der Waals surface area contributed by atoms with Gasteiger partial charge >= 0.3 is 0 Å². The third kappa shape index (κ3) is 5.76. The van der Waals surface area contributed by atoms with Crippen LogP contribution >= 0.6 is 0 Å². The molecule has 0 saturated carbocycles. The molecular weight excluding hydrogens is 735 g/mol. The first-order chi connectivity index (χ1) is 30.3. The summed E-state index contributed by atoms with van der Waals surface area (Å²) < 4.78 is 0. The fourth-order valence-electron chi connectivity index (χ4n) is 10.3. The van der Waals surface area contributed by atoms with Gasteiger partial charge in [-0.25, -0.2) is 0 Å². The average molecular weight is 780 g/mol. The van der Waals surface area contributed by atoms with Crippen molar-refractivity contribution in [1.29, 1.82) is 0 Å². The van der Waals surface area contributed by atoms with Gasteiger partial charge in [-0.05, 0) is 126 Å². The molecule has 0 fully saturated rings. The summed E-state index contributed by atoms with van der Waals surface area (Å²) in [6.45, 7) is 4.00. The summed E-state index contributed by atoms with van der Waals surface area (Å²) in [4.78, 5) is 2.50. The molecule has 10 aromatic carbocycles. The lowest BCUT2D eigenvalue weighted by Crippen LogP contribution is -2.28. The standard InChI is InChI=1S/C58H39N.C2H6/c1-3-17-45(18-4-1)58(46-19-5-2-6-20-46)54-24-12-11-23-51(54)52-35-34-48(38-55(52)58)59(56-25-13-16-44-36-43-15-8-10-22-50(43)57(44)56)47-32-30-39(31-33-47)42-29-28-41-27-26-40-14-7-9-21-49(40)53(41)37-42;1-2/h1-35,37-38H,36H2;1-2H3. The van der Waals surface area contributed by atoms with E-state index in [2.05, 4.69) is 229 Å². The van der Waals surface area contributed by atoms with Crippen LogP contribution < -0.4 is 4.90 Å². The van der Waals surface area contributed by atoms with Crippen LogP contribution in [0.2, 0.25) is 0 Å². The van der Waals surface area contributed by atoms with Crippen molar-refractivity contribution in [2.75, 3.05) is 4.90 Å². The molecule has 0 amide bonds. The Morgan fingerprint density at radius 3 is 1.72 bits per heavy atom. The number of rotatable bonds is 6. The molecule has 12 rings (SSSR count). The highest BCUT2D eigenvalue weighted by molar-refractivity contribution is 6.08. The monoisotopic (exact) mass is 779 g/mol. The highest BCUT2D eigenvalue weighted by atomic mass is 15.1. The number of anilines is 3. The lowest BCUT2D eigenvalue weighted by molar-refractivity contribution is 0.768. The molecule has 1 nitrogen and oxygen atoms in total. The number of nitrogens with zero attached hydrogens (tertiary/aromatic N) is 1. The molecule has 0 spiro atoms. The Balaban J connectivity index is 0.00000207. The molecule has 0 aromatic heterocycles. The summed E-state index contributed by atoms with van der Waals surface area (Å²) in [5, 5.41) is 5.09. The lowest BCUT2D eigenvalue weighted by atomic mass is 9.67. The Hall–Kier alpha value is -7.48. The van der Waals surface area contributed by atoms with E-state index in [4.69, 9.17) is 0 Å². The Labute approximate surface area is 358 Å². The summed E-state index contributed by atoms with van der Waals surface area (Å²) in [6, 6.07) is 83.4. The van der Waals surface area contributed by atoms with E-state index >= 15 is 0 Å². The van der Waals surface area contributed by atoms with Crippen LogP contribution in [0.15, 0.2) is 224 Å². The molecule has 0 N–H and O–H groups in total. The summed E-state index contributed by atoms with van der Waals surface area (Å²) >= 11 is 0. The number of hydrogen-bond donors (Lipinski definition) is 0. The van der Waals surface area contributed by atoms with Gasteiger partial charge in [-0.2, -0.15) is 0 Å². The van der Waals surface area contributed by atoms with Crippen molar-refractivity contribution >= 4 is 38.6 Å². The minimum absolute atomic E-state index is 0.495. The van der Waals surface area contributed by atoms with Crippen LogP contribution in [0.5, 0.6) is 0 Å². The van der Waals surface area contributed by atoms with Gasteiger partial charge in [-0.3, -0.25) is 0 Å². The maximum absolute atomic E-state index is 2.50. The van der Waals surface area contributed by atoms with Crippen molar-refractivity contribution < 1.29 is 0 Å². The van der Waals surface area contributed by atoms with Crippen molar-refractivity contribution in [3.8, 4) is 33.4 Å². The van der Waals surface area contributed by atoms with Gasteiger partial charge in [0.2, 0.25) is 0 Å². The molecule has 1 heteroatoms. The zero-order valence-electron chi connectivity index (χ0n) is 34.5. The number of fused-ring (bicyclic) bond motifs is 9. The minimum Gasteiger partial charge on any atom is -0.310 e.